The van der Waals surface area contributed by atoms with Gasteiger partial charge in [0.1, 0.15) is 30.2 Å². The number of nitrogens with two attached hydrogens (primary N) is 1. The summed E-state index contributed by atoms with van der Waals surface area (Å²) in [6.07, 6.45) is -4.85. The van der Waals surface area contributed by atoms with Crippen molar-refractivity contribution in [3.8, 4) is 5.75 Å². The lowest BCUT2D eigenvalue weighted by Crippen LogP contribution is -2.54. The van der Waals surface area contributed by atoms with Crippen molar-refractivity contribution < 1.29 is 29.6 Å². The Morgan fingerprint density at radius 2 is 1.76 bits per heavy atom. The van der Waals surface area contributed by atoms with Crippen LogP contribution in [0.25, 0.3) is 0 Å². The van der Waals surface area contributed by atoms with E-state index in [4.69, 9.17) is 26.8 Å². The van der Waals surface area contributed by atoms with Gasteiger partial charge in [0.2, 0.25) is 5.91 Å². The fourth-order valence-corrected chi connectivity index (χ4v) is 5.71. The number of aliphatic hydroxyl groups excluding tert-OH is 3. The zero-order valence-electron chi connectivity index (χ0n) is 21.0. The van der Waals surface area contributed by atoms with Crippen LogP contribution in [0.3, 0.4) is 0 Å². The van der Waals surface area contributed by atoms with Gasteiger partial charge in [-0.05, 0) is 65.9 Å². The zero-order chi connectivity index (χ0) is 27.2. The summed E-state index contributed by atoms with van der Waals surface area (Å²) in [5.41, 5.74) is 8.64. The molecule has 0 unspecified atom stereocenters. The second-order valence-electron chi connectivity index (χ2n) is 9.27. The number of aliphatic hydroxyl groups is 3. The second kappa shape index (κ2) is 13.0. The average molecular weight is 558 g/mol. The molecule has 7 nitrogen and oxygen atoms in total. The highest BCUT2D eigenvalue weighted by Crippen LogP contribution is 2.36. The van der Waals surface area contributed by atoms with E-state index in [-0.39, 0.29) is 6.42 Å². The standard InChI is InChI=1S/C29H32ClNO6S/c1-2-36-21-9-6-17(7-10-21)12-20-15-19(8-11-23(20)30)29-28(35)27(34)26(33)24(37-29)16-38-22-5-3-4-18(13-22)14-25(31)32/h3-11,13,15,24,26-29,33-35H,2,12,14,16H2,1H3,(H2,31,32)/t24-,26+,27-,28-,29+/m1/s1. The molecule has 0 spiro atoms. The molecule has 38 heavy (non-hydrogen) atoms. The van der Waals surface area contributed by atoms with Crippen molar-refractivity contribution in [2.45, 2.75) is 55.2 Å². The maximum Gasteiger partial charge on any atom is 0.221 e. The molecule has 0 aromatic heterocycles. The van der Waals surface area contributed by atoms with Crippen molar-refractivity contribution in [1.29, 1.82) is 0 Å². The van der Waals surface area contributed by atoms with Gasteiger partial charge in [0.05, 0.1) is 19.1 Å². The largest absolute Gasteiger partial charge is 0.494 e. The second-order valence-corrected chi connectivity index (χ2v) is 10.8. The minimum Gasteiger partial charge on any atom is -0.494 e. The third kappa shape index (κ3) is 7.08. The van der Waals surface area contributed by atoms with Crippen molar-refractivity contribution >= 4 is 29.3 Å². The Labute approximate surface area is 231 Å². The van der Waals surface area contributed by atoms with Crippen LogP contribution in [0.2, 0.25) is 5.02 Å². The highest BCUT2D eigenvalue weighted by molar-refractivity contribution is 7.99. The molecule has 0 bridgehead atoms. The quantitative estimate of drug-likeness (QED) is 0.281. The number of hydrogen-bond acceptors (Lipinski definition) is 7. The van der Waals surface area contributed by atoms with Crippen LogP contribution in [-0.4, -0.2) is 58.0 Å². The Bertz CT molecular complexity index is 1240. The van der Waals surface area contributed by atoms with Crippen LogP contribution in [0.5, 0.6) is 5.75 Å². The molecular weight excluding hydrogens is 526 g/mol. The van der Waals surface area contributed by atoms with Gasteiger partial charge in [0.25, 0.3) is 0 Å². The summed E-state index contributed by atoms with van der Waals surface area (Å²) >= 11 is 7.92. The summed E-state index contributed by atoms with van der Waals surface area (Å²) in [6, 6.07) is 20.6. The Balaban J connectivity index is 1.48. The topological polar surface area (TPSA) is 122 Å². The van der Waals surface area contributed by atoms with Crippen LogP contribution in [0, 0.1) is 0 Å². The lowest BCUT2D eigenvalue weighted by molar-refractivity contribution is -0.218. The lowest BCUT2D eigenvalue weighted by Gasteiger charge is -2.41. The Hall–Kier alpha value is -2.59. The van der Waals surface area contributed by atoms with Crippen molar-refractivity contribution in [2.75, 3.05) is 12.4 Å². The van der Waals surface area contributed by atoms with E-state index in [2.05, 4.69) is 0 Å². The molecule has 3 aromatic rings. The number of primary amides is 1. The molecule has 1 aliphatic rings. The van der Waals surface area contributed by atoms with E-state index in [1.54, 1.807) is 12.1 Å². The van der Waals surface area contributed by atoms with Crippen LogP contribution in [0.15, 0.2) is 71.6 Å². The van der Waals surface area contributed by atoms with Crippen molar-refractivity contribution in [2.24, 2.45) is 5.73 Å². The Morgan fingerprint density at radius 1 is 1.00 bits per heavy atom. The molecule has 1 saturated heterocycles. The van der Waals surface area contributed by atoms with E-state index in [1.165, 1.54) is 11.8 Å². The van der Waals surface area contributed by atoms with Gasteiger partial charge in [-0.2, -0.15) is 0 Å². The number of rotatable bonds is 10. The van der Waals surface area contributed by atoms with Crippen LogP contribution in [-0.2, 0) is 22.4 Å². The molecule has 9 heteroatoms. The number of thioether (sulfide) groups is 1. The fraction of sp³-hybridized carbons (Fsp3) is 0.345. The van der Waals surface area contributed by atoms with Gasteiger partial charge in [-0.15, -0.1) is 11.8 Å². The predicted octanol–water partition coefficient (Wildman–Crippen LogP) is 3.67. The van der Waals surface area contributed by atoms with Crippen molar-refractivity contribution in [1.82, 2.24) is 0 Å². The summed E-state index contributed by atoms with van der Waals surface area (Å²) in [4.78, 5) is 12.1. The minimum atomic E-state index is -1.38. The summed E-state index contributed by atoms with van der Waals surface area (Å²) in [5.74, 6) is 0.711. The maximum absolute atomic E-state index is 11.2. The normalized spacial score (nSPS) is 23.2. The molecule has 5 atom stereocenters. The van der Waals surface area contributed by atoms with E-state index >= 15 is 0 Å². The van der Waals surface area contributed by atoms with Gasteiger partial charge in [-0.1, -0.05) is 48.0 Å². The number of amides is 1. The van der Waals surface area contributed by atoms with E-state index < -0.39 is 36.4 Å². The third-order valence-electron chi connectivity index (χ3n) is 6.43. The summed E-state index contributed by atoms with van der Waals surface area (Å²) in [7, 11) is 0. The van der Waals surface area contributed by atoms with Gasteiger partial charge >= 0.3 is 0 Å². The smallest absolute Gasteiger partial charge is 0.221 e. The first kappa shape index (κ1) is 28.4. The molecule has 202 valence electrons. The molecule has 1 aliphatic heterocycles. The number of carbonyl (C=O) groups excluding carboxylic acids is 1. The number of hydrogen-bond donors (Lipinski definition) is 4. The van der Waals surface area contributed by atoms with Crippen LogP contribution in [0.4, 0.5) is 0 Å². The van der Waals surface area contributed by atoms with Crippen LogP contribution < -0.4 is 10.5 Å². The fourth-order valence-electron chi connectivity index (χ4n) is 4.49. The Morgan fingerprint density at radius 3 is 2.47 bits per heavy atom. The highest BCUT2D eigenvalue weighted by atomic mass is 35.5. The van der Waals surface area contributed by atoms with Gasteiger partial charge in [0, 0.05) is 15.7 Å². The number of benzene rings is 3. The number of halogens is 1. The Kier molecular flexibility index (Phi) is 9.70. The number of ether oxygens (including phenoxy) is 2. The first-order valence-electron chi connectivity index (χ1n) is 12.4. The molecule has 0 radical (unpaired) electrons. The first-order chi connectivity index (χ1) is 18.2. The first-order valence-corrected chi connectivity index (χ1v) is 13.8. The van der Waals surface area contributed by atoms with Crippen molar-refractivity contribution in [3.63, 3.8) is 0 Å². The average Bonchev–Trinajstić information content (AvgIpc) is 2.89. The SMILES string of the molecule is CCOc1ccc(Cc2cc([C@@H]3O[C@H](CSc4cccc(CC(N)=O)c4)[C@H](O)[C@@H](O)[C@H]3O)ccc2Cl)cc1. The van der Waals surface area contributed by atoms with E-state index in [0.717, 1.165) is 27.3 Å². The van der Waals surface area contributed by atoms with Gasteiger partial charge in [-0.3, -0.25) is 4.79 Å². The van der Waals surface area contributed by atoms with Gasteiger partial charge < -0.3 is 30.5 Å². The highest BCUT2D eigenvalue weighted by Gasteiger charge is 2.44. The van der Waals surface area contributed by atoms with Gasteiger partial charge in [-0.25, -0.2) is 0 Å². The van der Waals surface area contributed by atoms with Crippen molar-refractivity contribution in [3.05, 3.63) is 94.0 Å². The maximum atomic E-state index is 11.2. The molecule has 4 rings (SSSR count). The summed E-state index contributed by atoms with van der Waals surface area (Å²) in [6.45, 7) is 2.53. The lowest BCUT2D eigenvalue weighted by atomic mass is 9.90. The van der Waals surface area contributed by atoms with E-state index in [9.17, 15) is 20.1 Å². The molecule has 1 fully saturated rings. The third-order valence-corrected chi connectivity index (χ3v) is 7.88. The minimum absolute atomic E-state index is 0.138. The molecule has 1 amide bonds. The number of carbonyl (C=O) groups is 1. The molecular formula is C29H32ClNO6S. The van der Waals surface area contributed by atoms with Crippen LogP contribution in [0.1, 0.15) is 35.3 Å². The molecule has 5 N–H and O–H groups in total. The molecule has 3 aromatic carbocycles. The van der Waals surface area contributed by atoms with Gasteiger partial charge in [0.15, 0.2) is 0 Å². The molecule has 0 saturated carbocycles. The zero-order valence-corrected chi connectivity index (χ0v) is 22.6. The molecule has 1 heterocycles. The monoisotopic (exact) mass is 557 g/mol. The summed E-state index contributed by atoms with van der Waals surface area (Å²) in [5, 5.41) is 32.6. The molecule has 0 aliphatic carbocycles. The van der Waals surface area contributed by atoms with E-state index in [0.29, 0.717) is 29.4 Å². The summed E-state index contributed by atoms with van der Waals surface area (Å²) < 4.78 is 11.7. The predicted molar refractivity (Wildman–Crippen MR) is 148 cm³/mol. The van der Waals surface area contributed by atoms with E-state index in [1.807, 2.05) is 61.5 Å². The van der Waals surface area contributed by atoms with Crippen LogP contribution >= 0.6 is 23.4 Å².